The molecular weight excluding hydrogens is 391 g/mol. The van der Waals surface area contributed by atoms with Gasteiger partial charge in [-0.2, -0.15) is 72.3 Å². The van der Waals surface area contributed by atoms with E-state index in [1.165, 1.54) is 0 Å². The molecule has 0 saturated carbocycles. The molecule has 3 rings (SSSR count). The van der Waals surface area contributed by atoms with Crippen molar-refractivity contribution in [3.63, 3.8) is 0 Å². The third-order valence-corrected chi connectivity index (χ3v) is 3.05. The first-order chi connectivity index (χ1) is 13.1. The van der Waals surface area contributed by atoms with Gasteiger partial charge in [0.1, 0.15) is 0 Å². The standard InChI is InChI=1S/C13H9O4.C6H5.2C2H6.V/c14-10-7-11(15)13(17)9(12(10)16)6-8-4-2-1-3-5-8;1-2-4-6-5-3-1;2*1-2;/h1-2,4-5,7,14,17H,6H2;1-5H;2*1-2H3;/q2*-1;;;+2. The average molecular weight is 417 g/mol. The molecule has 0 bridgehead atoms. The maximum absolute atomic E-state index is 11.6. The zero-order chi connectivity index (χ0) is 20.7. The van der Waals surface area contributed by atoms with Gasteiger partial charge in [-0.25, -0.2) is 0 Å². The van der Waals surface area contributed by atoms with Crippen LogP contribution in [0.3, 0.4) is 0 Å². The Hall–Kier alpha value is -2.56. The van der Waals surface area contributed by atoms with Crippen LogP contribution in [0.2, 0.25) is 0 Å². The van der Waals surface area contributed by atoms with Crippen molar-refractivity contribution in [3.8, 4) is 0 Å². The van der Waals surface area contributed by atoms with Crippen LogP contribution in [0.4, 0.5) is 0 Å². The fourth-order valence-electron chi connectivity index (χ4n) is 1.92. The molecule has 0 heterocycles. The summed E-state index contributed by atoms with van der Waals surface area (Å²) in [6.45, 7) is 8.00. The van der Waals surface area contributed by atoms with E-state index in [-0.39, 0.29) is 30.5 Å². The second kappa shape index (κ2) is 16.6. The molecule has 1 aliphatic rings. The Morgan fingerprint density at radius 2 is 1.43 bits per heavy atom. The van der Waals surface area contributed by atoms with Gasteiger partial charge in [0.25, 0.3) is 0 Å². The maximum Gasteiger partial charge on any atom is 2.00 e. The van der Waals surface area contributed by atoms with Crippen LogP contribution in [0.25, 0.3) is 0 Å². The number of hydrogen-bond donors (Lipinski definition) is 2. The van der Waals surface area contributed by atoms with E-state index in [4.69, 9.17) is 0 Å². The number of rotatable bonds is 2. The van der Waals surface area contributed by atoms with E-state index in [1.807, 2.05) is 58.0 Å². The van der Waals surface area contributed by atoms with Crippen LogP contribution in [-0.2, 0) is 34.6 Å². The molecule has 2 aromatic carbocycles. The van der Waals surface area contributed by atoms with Crippen molar-refractivity contribution < 1.29 is 38.4 Å². The molecule has 0 amide bonds. The fourth-order valence-corrected chi connectivity index (χ4v) is 1.92. The van der Waals surface area contributed by atoms with E-state index in [9.17, 15) is 19.8 Å². The molecule has 0 aromatic heterocycles. The number of carbonyl (C=O) groups is 2. The van der Waals surface area contributed by atoms with Crippen LogP contribution in [0.1, 0.15) is 33.3 Å². The molecule has 0 spiro atoms. The molecule has 0 saturated heterocycles. The van der Waals surface area contributed by atoms with Crippen LogP contribution >= 0.6 is 0 Å². The summed E-state index contributed by atoms with van der Waals surface area (Å²) in [6, 6.07) is 22.1. The molecule has 5 heteroatoms. The fraction of sp³-hybridized carbons (Fsp3) is 0.217. The summed E-state index contributed by atoms with van der Waals surface area (Å²) in [5.41, 5.74) is 0.638. The van der Waals surface area contributed by atoms with Gasteiger partial charge in [0.2, 0.25) is 11.6 Å². The molecule has 1 aliphatic carbocycles. The summed E-state index contributed by atoms with van der Waals surface area (Å²) in [6.07, 6.45) is 0.809. The molecule has 28 heavy (non-hydrogen) atoms. The van der Waals surface area contributed by atoms with Gasteiger partial charge in [-0.05, 0) is 6.42 Å². The van der Waals surface area contributed by atoms with Crippen molar-refractivity contribution in [1.29, 1.82) is 0 Å². The predicted molar refractivity (Wildman–Crippen MR) is 107 cm³/mol. The number of ketones is 2. The zero-order valence-electron chi connectivity index (χ0n) is 16.6. The minimum absolute atomic E-state index is 0. The summed E-state index contributed by atoms with van der Waals surface area (Å²) in [7, 11) is 0. The Kier molecular flexibility index (Phi) is 16.4. The average Bonchev–Trinajstić information content (AvgIpc) is 2.75. The van der Waals surface area contributed by atoms with Crippen LogP contribution in [0.15, 0.2) is 77.8 Å². The normalized spacial score (nSPS) is 11.9. The van der Waals surface area contributed by atoms with Gasteiger partial charge >= 0.3 is 18.6 Å². The Bertz CT molecular complexity index is 724. The third-order valence-electron chi connectivity index (χ3n) is 3.05. The second-order valence-electron chi connectivity index (χ2n) is 4.72. The summed E-state index contributed by atoms with van der Waals surface area (Å²) >= 11 is 0. The quantitative estimate of drug-likeness (QED) is 0.534. The van der Waals surface area contributed by atoms with Crippen molar-refractivity contribution in [3.05, 3.63) is 95.5 Å². The summed E-state index contributed by atoms with van der Waals surface area (Å²) in [4.78, 5) is 22.8. The smallest absolute Gasteiger partial charge is 0.504 e. The maximum atomic E-state index is 11.6. The van der Waals surface area contributed by atoms with E-state index >= 15 is 0 Å². The summed E-state index contributed by atoms with van der Waals surface area (Å²) in [5.74, 6) is -2.71. The number of aliphatic hydroxyl groups excluding tert-OH is 2. The third kappa shape index (κ3) is 9.40. The number of aliphatic hydroxyl groups is 2. The Balaban J connectivity index is 0. The van der Waals surface area contributed by atoms with E-state index in [2.05, 4.69) is 12.1 Å². The Labute approximate surface area is 179 Å². The summed E-state index contributed by atoms with van der Waals surface area (Å²) < 4.78 is 0. The topological polar surface area (TPSA) is 74.6 Å². The number of benzene rings is 2. The first-order valence-corrected chi connectivity index (χ1v) is 8.87. The zero-order valence-corrected chi connectivity index (χ0v) is 18.0. The first-order valence-electron chi connectivity index (χ1n) is 8.87. The largest absolute Gasteiger partial charge is 2.00 e. The Morgan fingerprint density at radius 1 is 0.857 bits per heavy atom. The number of carbonyl (C=O) groups excluding carboxylic acids is 2. The molecule has 0 fully saturated rings. The van der Waals surface area contributed by atoms with Crippen molar-refractivity contribution in [1.82, 2.24) is 0 Å². The molecule has 1 radical (unpaired) electrons. The number of Topliss-reactive ketones (excluding diaryl/α,β-unsaturated/α-hetero) is 1. The predicted octanol–water partition coefficient (Wildman–Crippen LogP) is 4.97. The first kappa shape index (κ1) is 27.7. The van der Waals surface area contributed by atoms with Crippen molar-refractivity contribution in [2.45, 2.75) is 34.1 Å². The molecule has 4 nitrogen and oxygen atoms in total. The van der Waals surface area contributed by atoms with E-state index in [0.29, 0.717) is 0 Å². The van der Waals surface area contributed by atoms with Gasteiger partial charge in [-0.1, -0.05) is 27.7 Å². The van der Waals surface area contributed by atoms with Crippen LogP contribution < -0.4 is 0 Å². The number of hydrogen-bond acceptors (Lipinski definition) is 4. The van der Waals surface area contributed by atoms with Gasteiger partial charge in [0, 0.05) is 11.6 Å². The van der Waals surface area contributed by atoms with Gasteiger partial charge in [0.15, 0.2) is 11.5 Å². The van der Waals surface area contributed by atoms with Crippen LogP contribution in [0, 0.1) is 12.1 Å². The van der Waals surface area contributed by atoms with E-state index in [0.717, 1.165) is 11.6 Å². The van der Waals surface area contributed by atoms with Crippen molar-refractivity contribution in [2.24, 2.45) is 0 Å². The molecule has 0 atom stereocenters. The minimum Gasteiger partial charge on any atom is -0.504 e. The van der Waals surface area contributed by atoms with Crippen molar-refractivity contribution in [2.75, 3.05) is 0 Å². The van der Waals surface area contributed by atoms with Gasteiger partial charge in [0.05, 0.1) is 0 Å². The number of allylic oxidation sites excluding steroid dienone is 2. The van der Waals surface area contributed by atoms with Gasteiger partial charge in [-0.15, -0.1) is 0 Å². The molecule has 2 N–H and O–H groups in total. The Morgan fingerprint density at radius 3 is 1.86 bits per heavy atom. The van der Waals surface area contributed by atoms with E-state index < -0.39 is 23.1 Å². The molecular formula is C23H26O4V. The van der Waals surface area contributed by atoms with Gasteiger partial charge in [-0.3, -0.25) is 9.59 Å². The van der Waals surface area contributed by atoms with Gasteiger partial charge < -0.3 is 10.2 Å². The minimum atomic E-state index is -0.753. The van der Waals surface area contributed by atoms with Crippen molar-refractivity contribution >= 4 is 11.6 Å². The molecule has 0 aliphatic heterocycles. The monoisotopic (exact) mass is 417 g/mol. The second-order valence-corrected chi connectivity index (χ2v) is 4.72. The SMILES string of the molecule is CC.CC.O=C1C=C(O)C(=O)C(Cc2c[c-]ccc2)=C1O.[V+2].[c-]1ccccc1. The molecule has 2 aromatic rings. The molecule has 0 unspecified atom stereocenters. The van der Waals surface area contributed by atoms with Crippen LogP contribution in [0.5, 0.6) is 0 Å². The van der Waals surface area contributed by atoms with Crippen LogP contribution in [-0.4, -0.2) is 21.8 Å². The molecule has 147 valence electrons. The summed E-state index contributed by atoms with van der Waals surface area (Å²) in [5, 5.41) is 18.8. The van der Waals surface area contributed by atoms with E-state index in [1.54, 1.807) is 24.3 Å².